The zero-order chi connectivity index (χ0) is 18.2. The Labute approximate surface area is 177 Å². The molecule has 8 heteroatoms. The van der Waals surface area contributed by atoms with E-state index in [4.69, 9.17) is 9.47 Å². The van der Waals surface area contributed by atoms with E-state index < -0.39 is 0 Å². The number of nitrogens with one attached hydrogen (secondary N) is 2. The van der Waals surface area contributed by atoms with Gasteiger partial charge in [-0.3, -0.25) is 0 Å². The van der Waals surface area contributed by atoms with E-state index in [1.165, 1.54) is 0 Å². The maximum Gasteiger partial charge on any atom is 0.191 e. The molecule has 1 fully saturated rings. The maximum absolute atomic E-state index is 5.64. The van der Waals surface area contributed by atoms with Crippen molar-refractivity contribution in [3.63, 3.8) is 0 Å². The van der Waals surface area contributed by atoms with Crippen molar-refractivity contribution in [2.24, 2.45) is 4.99 Å². The molecule has 0 spiro atoms. The summed E-state index contributed by atoms with van der Waals surface area (Å²) in [6.07, 6.45) is 4.48. The number of benzene rings is 1. The predicted octanol–water partition coefficient (Wildman–Crippen LogP) is 2.73. The van der Waals surface area contributed by atoms with E-state index in [1.807, 2.05) is 41.2 Å². The van der Waals surface area contributed by atoms with Crippen LogP contribution in [0.4, 0.5) is 0 Å². The number of guanidine groups is 1. The molecule has 1 aliphatic heterocycles. The Morgan fingerprint density at radius 2 is 2.11 bits per heavy atom. The summed E-state index contributed by atoms with van der Waals surface area (Å²) >= 11 is 0. The molecule has 148 valence electrons. The van der Waals surface area contributed by atoms with Gasteiger partial charge in [0.25, 0.3) is 0 Å². The third-order valence-corrected chi connectivity index (χ3v) is 4.25. The Bertz CT molecular complexity index is 711. The van der Waals surface area contributed by atoms with E-state index >= 15 is 0 Å². The van der Waals surface area contributed by atoms with Crippen molar-refractivity contribution in [1.82, 2.24) is 20.4 Å². The predicted molar refractivity (Wildman–Crippen MR) is 117 cm³/mol. The van der Waals surface area contributed by atoms with Gasteiger partial charge in [-0.2, -0.15) is 5.10 Å². The number of hydrogen-bond acceptors (Lipinski definition) is 4. The fraction of sp³-hybridized carbons (Fsp3) is 0.474. The summed E-state index contributed by atoms with van der Waals surface area (Å²) in [5.41, 5.74) is 1.90. The Morgan fingerprint density at radius 3 is 2.78 bits per heavy atom. The lowest BCUT2D eigenvalue weighted by molar-refractivity contribution is 0.114. The molecule has 1 unspecified atom stereocenters. The van der Waals surface area contributed by atoms with Gasteiger partial charge in [-0.05, 0) is 50.1 Å². The molecular formula is C19H28IN5O2. The molecule has 1 aromatic heterocycles. The molecular weight excluding hydrogens is 457 g/mol. The first kappa shape index (κ1) is 21.5. The van der Waals surface area contributed by atoms with Crippen molar-refractivity contribution in [3.8, 4) is 11.4 Å². The van der Waals surface area contributed by atoms with Crippen LogP contribution < -0.4 is 15.4 Å². The van der Waals surface area contributed by atoms with Crippen LogP contribution in [0, 0.1) is 0 Å². The molecule has 0 aliphatic carbocycles. The molecule has 2 aromatic rings. The summed E-state index contributed by atoms with van der Waals surface area (Å²) in [6.45, 7) is 5.04. The molecule has 2 heterocycles. The van der Waals surface area contributed by atoms with Crippen LogP contribution in [0.5, 0.6) is 5.75 Å². The Morgan fingerprint density at radius 1 is 1.30 bits per heavy atom. The highest BCUT2D eigenvalue weighted by Crippen LogP contribution is 2.14. The quantitative estimate of drug-likeness (QED) is 0.359. The van der Waals surface area contributed by atoms with E-state index in [0.29, 0.717) is 6.54 Å². The monoisotopic (exact) mass is 485 g/mol. The first-order valence-electron chi connectivity index (χ1n) is 9.11. The van der Waals surface area contributed by atoms with Gasteiger partial charge in [0.2, 0.25) is 0 Å². The number of rotatable bonds is 7. The summed E-state index contributed by atoms with van der Waals surface area (Å²) in [5, 5.41) is 11.2. The number of methoxy groups -OCH3 is 1. The highest BCUT2D eigenvalue weighted by Gasteiger charge is 2.15. The van der Waals surface area contributed by atoms with Crippen LogP contribution in [0.2, 0.25) is 0 Å². The molecule has 0 bridgehead atoms. The number of aliphatic imine (C=N–C) groups is 1. The van der Waals surface area contributed by atoms with E-state index in [9.17, 15) is 0 Å². The third kappa shape index (κ3) is 6.39. The smallest absolute Gasteiger partial charge is 0.191 e. The van der Waals surface area contributed by atoms with Crippen LogP contribution >= 0.6 is 24.0 Å². The van der Waals surface area contributed by atoms with Gasteiger partial charge in [0, 0.05) is 25.9 Å². The molecule has 7 nitrogen and oxygen atoms in total. The molecule has 1 aliphatic rings. The Kier molecular flexibility index (Phi) is 8.86. The molecule has 0 amide bonds. The lowest BCUT2D eigenvalue weighted by atomic mass is 10.2. The lowest BCUT2D eigenvalue weighted by Crippen LogP contribution is -2.41. The maximum atomic E-state index is 5.64. The molecule has 0 saturated carbocycles. The fourth-order valence-electron chi connectivity index (χ4n) is 2.84. The summed E-state index contributed by atoms with van der Waals surface area (Å²) in [4.78, 5) is 4.62. The normalized spacial score (nSPS) is 16.7. The molecule has 1 atom stereocenters. The van der Waals surface area contributed by atoms with Gasteiger partial charge in [-0.15, -0.1) is 24.0 Å². The standard InChI is InChI=1S/C19H27N5O2.HI/c1-3-20-19(22-14-18-5-4-12-26-18)21-13-15-10-11-24(23-15)16-6-8-17(25-2)9-7-16;/h6-11,18H,3-5,12-14H2,1-2H3,(H2,20,21,22);1H. The summed E-state index contributed by atoms with van der Waals surface area (Å²) < 4.78 is 12.7. The lowest BCUT2D eigenvalue weighted by Gasteiger charge is -2.14. The van der Waals surface area contributed by atoms with Crippen LogP contribution in [-0.2, 0) is 11.3 Å². The van der Waals surface area contributed by atoms with Gasteiger partial charge in [-0.1, -0.05) is 0 Å². The van der Waals surface area contributed by atoms with Crippen molar-refractivity contribution in [2.45, 2.75) is 32.4 Å². The molecule has 1 saturated heterocycles. The number of nitrogens with zero attached hydrogens (tertiary/aromatic N) is 3. The second kappa shape index (κ2) is 11.1. The first-order valence-corrected chi connectivity index (χ1v) is 9.11. The second-order valence-corrected chi connectivity index (χ2v) is 6.16. The summed E-state index contributed by atoms with van der Waals surface area (Å²) in [6, 6.07) is 9.79. The van der Waals surface area contributed by atoms with Crippen LogP contribution in [0.25, 0.3) is 5.69 Å². The highest BCUT2D eigenvalue weighted by molar-refractivity contribution is 14.0. The summed E-state index contributed by atoms with van der Waals surface area (Å²) in [5.74, 6) is 1.63. The third-order valence-electron chi connectivity index (χ3n) is 4.25. The van der Waals surface area contributed by atoms with Crippen molar-refractivity contribution in [1.29, 1.82) is 0 Å². The minimum absolute atomic E-state index is 0. The second-order valence-electron chi connectivity index (χ2n) is 6.16. The number of aromatic nitrogens is 2. The Hall–Kier alpha value is -1.81. The van der Waals surface area contributed by atoms with E-state index in [1.54, 1.807) is 7.11 Å². The van der Waals surface area contributed by atoms with Crippen LogP contribution in [0.3, 0.4) is 0 Å². The zero-order valence-corrected chi connectivity index (χ0v) is 18.2. The van der Waals surface area contributed by atoms with Gasteiger partial charge in [0.1, 0.15) is 5.75 Å². The van der Waals surface area contributed by atoms with Gasteiger partial charge in [-0.25, -0.2) is 9.67 Å². The van der Waals surface area contributed by atoms with E-state index in [2.05, 4.69) is 27.6 Å². The van der Waals surface area contributed by atoms with Crippen molar-refractivity contribution in [3.05, 3.63) is 42.2 Å². The van der Waals surface area contributed by atoms with Crippen LogP contribution in [0.1, 0.15) is 25.5 Å². The van der Waals surface area contributed by atoms with Crippen LogP contribution in [0.15, 0.2) is 41.5 Å². The van der Waals surface area contributed by atoms with Gasteiger partial charge in [0.05, 0.1) is 31.1 Å². The van der Waals surface area contributed by atoms with E-state index in [-0.39, 0.29) is 30.1 Å². The largest absolute Gasteiger partial charge is 0.497 e. The number of halogens is 1. The van der Waals surface area contributed by atoms with Crippen molar-refractivity contribution in [2.75, 3.05) is 26.8 Å². The van der Waals surface area contributed by atoms with Gasteiger partial charge in [0.15, 0.2) is 5.96 Å². The van der Waals surface area contributed by atoms with Crippen molar-refractivity contribution >= 4 is 29.9 Å². The van der Waals surface area contributed by atoms with Crippen molar-refractivity contribution < 1.29 is 9.47 Å². The van der Waals surface area contributed by atoms with Crippen LogP contribution in [-0.4, -0.2) is 48.7 Å². The minimum atomic E-state index is 0. The summed E-state index contributed by atoms with van der Waals surface area (Å²) in [7, 11) is 1.66. The topological polar surface area (TPSA) is 72.7 Å². The molecule has 2 N–H and O–H groups in total. The number of hydrogen-bond donors (Lipinski definition) is 2. The molecule has 27 heavy (non-hydrogen) atoms. The highest BCUT2D eigenvalue weighted by atomic mass is 127. The molecule has 3 rings (SSSR count). The molecule has 1 aromatic carbocycles. The first-order chi connectivity index (χ1) is 12.8. The number of ether oxygens (including phenoxy) is 2. The van der Waals surface area contributed by atoms with Gasteiger partial charge >= 0.3 is 0 Å². The minimum Gasteiger partial charge on any atom is -0.497 e. The van der Waals surface area contributed by atoms with E-state index in [0.717, 1.165) is 55.6 Å². The molecule has 0 radical (unpaired) electrons. The Balaban J connectivity index is 0.00000261. The fourth-order valence-corrected chi connectivity index (χ4v) is 2.84. The average molecular weight is 485 g/mol. The van der Waals surface area contributed by atoms with Gasteiger partial charge < -0.3 is 20.1 Å². The average Bonchev–Trinajstić information content (AvgIpc) is 3.36. The zero-order valence-electron chi connectivity index (χ0n) is 15.9. The SMILES string of the molecule is CCNC(=NCc1ccn(-c2ccc(OC)cc2)n1)NCC1CCCO1.I.